The van der Waals surface area contributed by atoms with E-state index in [1.807, 2.05) is 53.1 Å². The molecular weight excluding hydrogens is 382 g/mol. The maximum absolute atomic E-state index is 12.8. The van der Waals surface area contributed by atoms with Crippen molar-refractivity contribution >= 4 is 49.8 Å². The third kappa shape index (κ3) is 3.82. The Morgan fingerprint density at radius 2 is 1.90 bits per heavy atom. The Balaban J connectivity index is 1.80. The molecule has 0 unspecified atom stereocenters. The van der Waals surface area contributed by atoms with Crippen LogP contribution >= 0.6 is 11.3 Å². The number of hydrogen-bond donors (Lipinski definition) is 1. The van der Waals surface area contributed by atoms with Crippen LogP contribution in [0.4, 0.5) is 5.69 Å². The molecule has 0 bridgehead atoms. The predicted molar refractivity (Wildman–Crippen MR) is 117 cm³/mol. The van der Waals surface area contributed by atoms with Crippen molar-refractivity contribution in [3.63, 3.8) is 0 Å². The Kier molecular flexibility index (Phi) is 4.98. The van der Waals surface area contributed by atoms with E-state index in [1.54, 1.807) is 12.1 Å². The molecule has 4 rings (SSSR count). The van der Waals surface area contributed by atoms with Crippen LogP contribution in [-0.2, 0) is 11.3 Å². The zero-order chi connectivity index (χ0) is 20.4. The van der Waals surface area contributed by atoms with Crippen molar-refractivity contribution in [3.8, 4) is 12.3 Å². The van der Waals surface area contributed by atoms with Gasteiger partial charge in [0.15, 0.2) is 4.80 Å². The number of carbonyl (C=O) groups excluding carboxylic acids is 2. The van der Waals surface area contributed by atoms with Crippen LogP contribution < -0.4 is 10.1 Å². The molecular formula is C23H17N3O2S. The van der Waals surface area contributed by atoms with Gasteiger partial charge in [-0.1, -0.05) is 47.6 Å². The van der Waals surface area contributed by atoms with Gasteiger partial charge < -0.3 is 9.88 Å². The molecule has 0 aliphatic rings. The monoisotopic (exact) mass is 399 g/mol. The highest BCUT2D eigenvalue weighted by molar-refractivity contribution is 7.16. The molecule has 5 nitrogen and oxygen atoms in total. The maximum atomic E-state index is 12.8. The van der Waals surface area contributed by atoms with Gasteiger partial charge in [-0.2, -0.15) is 4.99 Å². The smallest absolute Gasteiger partial charge is 0.279 e. The standard InChI is InChI=1S/C23H17N3O2S/c1-3-12-26-20-11-10-19(24-15(2)27)14-21(20)29-23(26)25-22(28)18-9-8-16-6-4-5-7-17(16)13-18/h1,4-11,13-14H,12H2,2H3,(H,24,27). The maximum Gasteiger partial charge on any atom is 0.279 e. The number of nitrogens with zero attached hydrogens (tertiary/aromatic N) is 2. The summed E-state index contributed by atoms with van der Waals surface area (Å²) in [5.41, 5.74) is 2.07. The molecule has 0 fully saturated rings. The summed E-state index contributed by atoms with van der Waals surface area (Å²) >= 11 is 1.36. The summed E-state index contributed by atoms with van der Waals surface area (Å²) in [6.45, 7) is 1.75. The molecule has 0 aliphatic carbocycles. The van der Waals surface area contributed by atoms with E-state index in [2.05, 4.69) is 16.2 Å². The quantitative estimate of drug-likeness (QED) is 0.525. The summed E-state index contributed by atoms with van der Waals surface area (Å²) in [7, 11) is 0. The number of carbonyl (C=O) groups is 2. The van der Waals surface area contributed by atoms with Gasteiger partial charge in [0, 0.05) is 18.2 Å². The van der Waals surface area contributed by atoms with Gasteiger partial charge in [0.05, 0.1) is 16.8 Å². The lowest BCUT2D eigenvalue weighted by molar-refractivity contribution is -0.114. The van der Waals surface area contributed by atoms with Crippen LogP contribution in [0.2, 0.25) is 0 Å². The summed E-state index contributed by atoms with van der Waals surface area (Å²) in [5.74, 6) is 2.15. The third-order valence-corrected chi connectivity index (χ3v) is 5.49. The average molecular weight is 399 g/mol. The Bertz CT molecular complexity index is 1370. The van der Waals surface area contributed by atoms with Gasteiger partial charge in [-0.25, -0.2) is 0 Å². The van der Waals surface area contributed by atoms with Crippen molar-refractivity contribution in [1.82, 2.24) is 4.57 Å². The Labute approximate surface area is 171 Å². The van der Waals surface area contributed by atoms with Crippen LogP contribution in [0.3, 0.4) is 0 Å². The molecule has 2 amide bonds. The zero-order valence-electron chi connectivity index (χ0n) is 15.7. The minimum absolute atomic E-state index is 0.145. The molecule has 0 spiro atoms. The molecule has 6 heteroatoms. The summed E-state index contributed by atoms with van der Waals surface area (Å²) in [6, 6.07) is 18.9. The van der Waals surface area contributed by atoms with Gasteiger partial charge in [0.25, 0.3) is 5.91 Å². The number of hydrogen-bond acceptors (Lipinski definition) is 3. The van der Waals surface area contributed by atoms with Crippen LogP contribution in [-0.4, -0.2) is 16.4 Å². The first-order chi connectivity index (χ1) is 14.0. The molecule has 0 aliphatic heterocycles. The SMILES string of the molecule is C#CCn1c(=NC(=O)c2ccc3ccccc3c2)sc2cc(NC(C)=O)ccc21. The number of anilines is 1. The van der Waals surface area contributed by atoms with E-state index in [1.165, 1.54) is 18.3 Å². The van der Waals surface area contributed by atoms with Gasteiger partial charge in [0.1, 0.15) is 0 Å². The first-order valence-electron chi connectivity index (χ1n) is 8.97. The lowest BCUT2D eigenvalue weighted by atomic mass is 10.1. The fourth-order valence-corrected chi connectivity index (χ4v) is 4.22. The summed E-state index contributed by atoms with van der Waals surface area (Å²) < 4.78 is 2.72. The van der Waals surface area contributed by atoms with Crippen molar-refractivity contribution in [2.24, 2.45) is 4.99 Å². The lowest BCUT2D eigenvalue weighted by Gasteiger charge is -2.03. The van der Waals surface area contributed by atoms with E-state index in [0.29, 0.717) is 22.6 Å². The van der Waals surface area contributed by atoms with Crippen molar-refractivity contribution in [1.29, 1.82) is 0 Å². The fraction of sp³-hybridized carbons (Fsp3) is 0.0870. The van der Waals surface area contributed by atoms with Gasteiger partial charge in [-0.05, 0) is 41.1 Å². The molecule has 29 heavy (non-hydrogen) atoms. The number of nitrogens with one attached hydrogen (secondary N) is 1. The number of thiazole rings is 1. The zero-order valence-corrected chi connectivity index (χ0v) is 16.5. The van der Waals surface area contributed by atoms with Crippen LogP contribution in [0, 0.1) is 12.3 Å². The number of terminal acetylenes is 1. The Hall–Kier alpha value is -3.69. The fourth-order valence-electron chi connectivity index (χ4n) is 3.16. The normalized spacial score (nSPS) is 11.5. The molecule has 1 aromatic heterocycles. The molecule has 3 aromatic carbocycles. The molecule has 142 valence electrons. The lowest BCUT2D eigenvalue weighted by Crippen LogP contribution is -2.16. The van der Waals surface area contributed by atoms with E-state index in [4.69, 9.17) is 6.42 Å². The molecule has 4 aromatic rings. The Morgan fingerprint density at radius 1 is 1.10 bits per heavy atom. The molecule has 0 saturated carbocycles. The molecule has 1 N–H and O–H groups in total. The van der Waals surface area contributed by atoms with Crippen molar-refractivity contribution < 1.29 is 9.59 Å². The van der Waals surface area contributed by atoms with Gasteiger partial charge in [-0.3, -0.25) is 9.59 Å². The summed E-state index contributed by atoms with van der Waals surface area (Å²) in [6.07, 6.45) is 5.53. The summed E-state index contributed by atoms with van der Waals surface area (Å²) in [4.78, 5) is 29.0. The van der Waals surface area contributed by atoms with Gasteiger partial charge >= 0.3 is 0 Å². The second kappa shape index (κ2) is 7.74. The summed E-state index contributed by atoms with van der Waals surface area (Å²) in [5, 5.41) is 4.82. The number of fused-ring (bicyclic) bond motifs is 2. The second-order valence-electron chi connectivity index (χ2n) is 6.52. The van der Waals surface area contributed by atoms with Crippen molar-refractivity contribution in [3.05, 3.63) is 71.0 Å². The average Bonchev–Trinajstić information content (AvgIpc) is 3.03. The van der Waals surface area contributed by atoms with Crippen molar-refractivity contribution in [2.45, 2.75) is 13.5 Å². The van der Waals surface area contributed by atoms with Crippen LogP contribution in [0.25, 0.3) is 21.0 Å². The largest absolute Gasteiger partial charge is 0.326 e. The highest BCUT2D eigenvalue weighted by Crippen LogP contribution is 2.22. The second-order valence-corrected chi connectivity index (χ2v) is 7.53. The van der Waals surface area contributed by atoms with E-state index >= 15 is 0 Å². The van der Waals surface area contributed by atoms with Crippen molar-refractivity contribution in [2.75, 3.05) is 5.32 Å². The third-order valence-electron chi connectivity index (χ3n) is 4.45. The van der Waals surface area contributed by atoms with E-state index in [0.717, 1.165) is 21.0 Å². The topological polar surface area (TPSA) is 63.5 Å². The highest BCUT2D eigenvalue weighted by atomic mass is 32.1. The van der Waals surface area contributed by atoms with Gasteiger partial charge in [-0.15, -0.1) is 6.42 Å². The number of aromatic nitrogens is 1. The number of benzene rings is 3. The molecule has 0 atom stereocenters. The minimum Gasteiger partial charge on any atom is -0.326 e. The van der Waals surface area contributed by atoms with Crippen LogP contribution in [0.5, 0.6) is 0 Å². The first-order valence-corrected chi connectivity index (χ1v) is 9.79. The van der Waals surface area contributed by atoms with E-state index in [-0.39, 0.29) is 11.8 Å². The minimum atomic E-state index is -0.324. The number of rotatable bonds is 3. The van der Waals surface area contributed by atoms with Crippen LogP contribution in [0.1, 0.15) is 17.3 Å². The molecule has 0 radical (unpaired) electrons. The van der Waals surface area contributed by atoms with Gasteiger partial charge in [0.2, 0.25) is 5.91 Å². The molecule has 1 heterocycles. The van der Waals surface area contributed by atoms with E-state index < -0.39 is 0 Å². The number of amides is 2. The van der Waals surface area contributed by atoms with E-state index in [9.17, 15) is 9.59 Å². The Morgan fingerprint density at radius 3 is 2.66 bits per heavy atom. The molecule has 0 saturated heterocycles. The first kappa shape index (κ1) is 18.7. The van der Waals surface area contributed by atoms with Crippen LogP contribution in [0.15, 0.2) is 65.7 Å². The highest BCUT2D eigenvalue weighted by Gasteiger charge is 2.10. The predicted octanol–water partition coefficient (Wildman–Crippen LogP) is 4.19.